The minimum Gasteiger partial charge on any atom is -0.506 e. The first-order valence-corrected chi connectivity index (χ1v) is 7.72. The summed E-state index contributed by atoms with van der Waals surface area (Å²) in [5, 5.41) is 9.76. The lowest BCUT2D eigenvalue weighted by Gasteiger charge is -2.30. The van der Waals surface area contributed by atoms with Crippen LogP contribution in [0.4, 0.5) is 5.69 Å². The third-order valence-corrected chi connectivity index (χ3v) is 4.38. The molecule has 0 amide bonds. The molecular formula is C14H12Br2N2O2. The van der Waals surface area contributed by atoms with E-state index in [-0.39, 0.29) is 5.75 Å². The summed E-state index contributed by atoms with van der Waals surface area (Å²) < 4.78 is 6.98. The normalized spacial score (nSPS) is 13.8. The molecule has 0 radical (unpaired) electrons. The lowest BCUT2D eigenvalue weighted by atomic mass is 10.2. The molecule has 1 N–H and O–H groups in total. The van der Waals surface area contributed by atoms with Crippen molar-refractivity contribution in [2.45, 2.75) is 6.54 Å². The molecule has 0 fully saturated rings. The molecule has 1 aliphatic rings. The Bertz CT molecular complexity index is 626. The molecule has 104 valence electrons. The molecule has 4 nitrogen and oxygen atoms in total. The maximum atomic E-state index is 9.76. The van der Waals surface area contributed by atoms with Crippen LogP contribution in [0, 0.1) is 0 Å². The van der Waals surface area contributed by atoms with Crippen LogP contribution in [-0.4, -0.2) is 23.2 Å². The van der Waals surface area contributed by atoms with E-state index in [9.17, 15) is 5.11 Å². The van der Waals surface area contributed by atoms with Crippen LogP contribution in [0.3, 0.4) is 0 Å². The summed E-state index contributed by atoms with van der Waals surface area (Å²) in [5.74, 6) is 1.08. The van der Waals surface area contributed by atoms with Crippen molar-refractivity contribution in [3.05, 3.63) is 45.1 Å². The maximum Gasteiger partial charge on any atom is 0.145 e. The highest BCUT2D eigenvalue weighted by Gasteiger charge is 2.18. The molecule has 6 heteroatoms. The van der Waals surface area contributed by atoms with Crippen LogP contribution in [0.1, 0.15) is 5.56 Å². The summed E-state index contributed by atoms with van der Waals surface area (Å²) in [5.41, 5.74) is 2.09. The summed E-state index contributed by atoms with van der Waals surface area (Å²) in [4.78, 5) is 6.38. The molecule has 0 bridgehead atoms. The van der Waals surface area contributed by atoms with Crippen molar-refractivity contribution in [2.75, 3.05) is 18.1 Å². The van der Waals surface area contributed by atoms with Crippen molar-refractivity contribution >= 4 is 37.5 Å². The summed E-state index contributed by atoms with van der Waals surface area (Å²) in [7, 11) is 0. The number of halogens is 2. The Hall–Kier alpha value is -1.27. The van der Waals surface area contributed by atoms with E-state index in [1.165, 1.54) is 0 Å². The Kier molecular flexibility index (Phi) is 3.85. The molecule has 0 spiro atoms. The zero-order valence-corrected chi connectivity index (χ0v) is 13.7. The molecule has 3 rings (SSSR count). The van der Waals surface area contributed by atoms with Gasteiger partial charge in [-0.05, 0) is 49.6 Å². The Balaban J connectivity index is 1.89. The van der Waals surface area contributed by atoms with Crippen LogP contribution in [-0.2, 0) is 6.54 Å². The Morgan fingerprint density at radius 1 is 1.30 bits per heavy atom. The molecule has 1 aliphatic heterocycles. The highest BCUT2D eigenvalue weighted by molar-refractivity contribution is 9.11. The predicted octanol–water partition coefficient (Wildman–Crippen LogP) is 3.71. The molecule has 0 saturated heterocycles. The number of anilines is 1. The smallest absolute Gasteiger partial charge is 0.145 e. The third kappa shape index (κ3) is 2.62. The molecule has 0 unspecified atom stereocenters. The number of phenolic OH excluding ortho intramolecular Hbond substituents is 1. The number of benzene rings is 1. The molecule has 20 heavy (non-hydrogen) atoms. The van der Waals surface area contributed by atoms with Gasteiger partial charge < -0.3 is 14.7 Å². The van der Waals surface area contributed by atoms with E-state index >= 15 is 0 Å². The Morgan fingerprint density at radius 2 is 2.05 bits per heavy atom. The third-order valence-electron chi connectivity index (χ3n) is 3.17. The van der Waals surface area contributed by atoms with Crippen molar-refractivity contribution in [3.63, 3.8) is 0 Å². The van der Waals surface area contributed by atoms with E-state index in [4.69, 9.17) is 4.74 Å². The van der Waals surface area contributed by atoms with Gasteiger partial charge in [-0.25, -0.2) is 0 Å². The fraction of sp³-hybridized carbons (Fsp3) is 0.214. The molecule has 2 aromatic rings. The van der Waals surface area contributed by atoms with E-state index in [2.05, 4.69) is 41.7 Å². The second kappa shape index (κ2) is 5.61. The zero-order valence-electron chi connectivity index (χ0n) is 10.5. The van der Waals surface area contributed by atoms with Crippen LogP contribution >= 0.6 is 31.9 Å². The van der Waals surface area contributed by atoms with Gasteiger partial charge in [0.2, 0.25) is 0 Å². The number of pyridine rings is 1. The fourth-order valence-corrected chi connectivity index (χ4v) is 3.49. The zero-order chi connectivity index (χ0) is 14.1. The number of aromatic nitrogens is 1. The summed E-state index contributed by atoms with van der Waals surface area (Å²) in [6.07, 6.45) is 3.55. The van der Waals surface area contributed by atoms with E-state index in [0.29, 0.717) is 15.6 Å². The average Bonchev–Trinajstić information content (AvgIpc) is 2.45. The number of phenols is 1. The van der Waals surface area contributed by atoms with E-state index < -0.39 is 0 Å². The minimum atomic E-state index is 0.220. The lowest BCUT2D eigenvalue weighted by Crippen LogP contribution is -2.32. The number of ether oxygens (including phenoxy) is 1. The van der Waals surface area contributed by atoms with Crippen molar-refractivity contribution in [1.82, 2.24) is 4.98 Å². The van der Waals surface area contributed by atoms with Crippen molar-refractivity contribution < 1.29 is 9.84 Å². The molecule has 0 aliphatic carbocycles. The van der Waals surface area contributed by atoms with Crippen LogP contribution in [0.25, 0.3) is 0 Å². The second-order valence-corrected chi connectivity index (χ2v) is 6.23. The van der Waals surface area contributed by atoms with Gasteiger partial charge in [0.1, 0.15) is 18.1 Å². The molecular weight excluding hydrogens is 388 g/mol. The standard InChI is InChI=1S/C14H12Br2N2O2/c15-10-5-9(6-11(16)14(10)19)8-18-3-4-20-13-1-2-17-7-12(13)18/h1-2,5-7,19H,3-4,8H2. The van der Waals surface area contributed by atoms with Gasteiger partial charge in [0, 0.05) is 18.8 Å². The number of aromatic hydroxyl groups is 1. The largest absolute Gasteiger partial charge is 0.506 e. The van der Waals surface area contributed by atoms with Gasteiger partial charge in [-0.1, -0.05) is 0 Å². The average molecular weight is 400 g/mol. The number of nitrogens with zero attached hydrogens (tertiary/aromatic N) is 2. The minimum absolute atomic E-state index is 0.220. The van der Waals surface area contributed by atoms with Gasteiger partial charge in [-0.2, -0.15) is 0 Å². The van der Waals surface area contributed by atoms with Crippen LogP contribution in [0.5, 0.6) is 11.5 Å². The van der Waals surface area contributed by atoms with Crippen molar-refractivity contribution in [3.8, 4) is 11.5 Å². The van der Waals surface area contributed by atoms with E-state index in [0.717, 1.165) is 30.1 Å². The molecule has 0 saturated carbocycles. The lowest BCUT2D eigenvalue weighted by molar-refractivity contribution is 0.306. The first-order chi connectivity index (χ1) is 9.65. The topological polar surface area (TPSA) is 45.6 Å². The van der Waals surface area contributed by atoms with Crippen LogP contribution in [0.15, 0.2) is 39.5 Å². The Labute approximate surface area is 133 Å². The van der Waals surface area contributed by atoms with Gasteiger partial charge >= 0.3 is 0 Å². The number of rotatable bonds is 2. The maximum absolute atomic E-state index is 9.76. The van der Waals surface area contributed by atoms with Gasteiger partial charge in [0.25, 0.3) is 0 Å². The predicted molar refractivity (Wildman–Crippen MR) is 84.3 cm³/mol. The summed E-state index contributed by atoms with van der Waals surface area (Å²) in [6, 6.07) is 5.72. The SMILES string of the molecule is Oc1c(Br)cc(CN2CCOc3ccncc32)cc1Br. The highest BCUT2D eigenvalue weighted by Crippen LogP contribution is 2.35. The van der Waals surface area contributed by atoms with E-state index in [1.54, 1.807) is 6.20 Å². The second-order valence-electron chi connectivity index (χ2n) is 4.52. The fourth-order valence-electron chi connectivity index (χ4n) is 2.21. The van der Waals surface area contributed by atoms with Gasteiger partial charge in [-0.3, -0.25) is 4.98 Å². The number of hydrogen-bond donors (Lipinski definition) is 1. The molecule has 0 atom stereocenters. The monoisotopic (exact) mass is 398 g/mol. The first-order valence-electron chi connectivity index (χ1n) is 6.14. The van der Waals surface area contributed by atoms with Crippen LogP contribution < -0.4 is 9.64 Å². The summed E-state index contributed by atoms with van der Waals surface area (Å²) >= 11 is 6.72. The van der Waals surface area contributed by atoms with Crippen molar-refractivity contribution in [2.24, 2.45) is 0 Å². The quantitative estimate of drug-likeness (QED) is 0.835. The molecule has 1 aromatic carbocycles. The number of fused-ring (bicyclic) bond motifs is 1. The number of hydrogen-bond acceptors (Lipinski definition) is 4. The first kappa shape index (κ1) is 13.7. The van der Waals surface area contributed by atoms with Crippen molar-refractivity contribution in [1.29, 1.82) is 0 Å². The molecule has 2 heterocycles. The van der Waals surface area contributed by atoms with Gasteiger partial charge in [-0.15, -0.1) is 0 Å². The highest BCUT2D eigenvalue weighted by atomic mass is 79.9. The summed E-state index contributed by atoms with van der Waals surface area (Å²) in [6.45, 7) is 2.21. The van der Waals surface area contributed by atoms with E-state index in [1.807, 2.05) is 24.4 Å². The molecule has 1 aromatic heterocycles. The van der Waals surface area contributed by atoms with Crippen LogP contribution in [0.2, 0.25) is 0 Å². The Morgan fingerprint density at radius 3 is 2.80 bits per heavy atom. The van der Waals surface area contributed by atoms with Gasteiger partial charge in [0.15, 0.2) is 0 Å². The van der Waals surface area contributed by atoms with Gasteiger partial charge in [0.05, 0.1) is 27.4 Å².